The van der Waals surface area contributed by atoms with Crippen molar-refractivity contribution in [2.24, 2.45) is 0 Å². The third-order valence-electron chi connectivity index (χ3n) is 6.79. The molecule has 180 valence electrons. The Morgan fingerprint density at radius 1 is 1.06 bits per heavy atom. The van der Waals surface area contributed by atoms with Crippen molar-refractivity contribution in [3.05, 3.63) is 95.1 Å². The predicted molar refractivity (Wildman–Crippen MR) is 123 cm³/mol. The fraction of sp³-hybridized carbons (Fsp3) is 0.259. The lowest BCUT2D eigenvalue weighted by molar-refractivity contribution is -0.127. The molecule has 1 unspecified atom stereocenters. The topological polar surface area (TPSA) is 84.9 Å². The summed E-state index contributed by atoms with van der Waals surface area (Å²) >= 11 is 0. The van der Waals surface area contributed by atoms with Crippen molar-refractivity contribution < 1.29 is 33.0 Å². The molecular formula is C27H23F2NO5. The highest BCUT2D eigenvalue weighted by atomic mass is 19.3. The normalized spacial score (nSPS) is 24.0. The summed E-state index contributed by atoms with van der Waals surface area (Å²) in [6.45, 7) is 0. The Hall–Kier alpha value is -3.94. The summed E-state index contributed by atoms with van der Waals surface area (Å²) in [4.78, 5) is 24.6. The molecule has 0 aromatic heterocycles. The predicted octanol–water partition coefficient (Wildman–Crippen LogP) is 5.05. The molecule has 3 atom stereocenters. The molecule has 0 spiro atoms. The van der Waals surface area contributed by atoms with Crippen molar-refractivity contribution in [1.29, 1.82) is 0 Å². The van der Waals surface area contributed by atoms with Crippen LogP contribution < -0.4 is 14.8 Å². The Balaban J connectivity index is 1.47. The third kappa shape index (κ3) is 3.88. The zero-order chi connectivity index (χ0) is 24.8. The number of carbonyl (C=O) groups is 2. The summed E-state index contributed by atoms with van der Waals surface area (Å²) in [7, 11) is 1.52. The molecule has 35 heavy (non-hydrogen) atoms. The van der Waals surface area contributed by atoms with Gasteiger partial charge >= 0.3 is 5.97 Å². The maximum absolute atomic E-state index is 14.6. The van der Waals surface area contributed by atoms with Crippen molar-refractivity contribution in [1.82, 2.24) is 5.32 Å². The molecule has 2 aliphatic rings. The van der Waals surface area contributed by atoms with E-state index in [1.54, 1.807) is 60.7 Å². The van der Waals surface area contributed by atoms with Crippen LogP contribution in [0, 0.1) is 0 Å². The molecule has 0 saturated heterocycles. The molecule has 1 saturated carbocycles. The van der Waals surface area contributed by atoms with E-state index in [4.69, 9.17) is 9.47 Å². The number of carbonyl (C=O) groups excluding carboxylic acids is 1. The average Bonchev–Trinajstić information content (AvgIpc) is 3.47. The van der Waals surface area contributed by atoms with E-state index in [-0.39, 0.29) is 17.5 Å². The van der Waals surface area contributed by atoms with Gasteiger partial charge in [-0.05, 0) is 35.4 Å². The van der Waals surface area contributed by atoms with Crippen LogP contribution in [0.1, 0.15) is 52.0 Å². The molecule has 1 aliphatic heterocycles. The number of rotatable bonds is 6. The van der Waals surface area contributed by atoms with E-state index >= 15 is 0 Å². The average molecular weight is 479 g/mol. The van der Waals surface area contributed by atoms with Gasteiger partial charge in [-0.25, -0.2) is 13.6 Å². The number of hydrogen-bond donors (Lipinski definition) is 2. The number of alkyl halides is 2. The van der Waals surface area contributed by atoms with Gasteiger partial charge in [0.15, 0.2) is 0 Å². The molecule has 1 aliphatic carbocycles. The highest BCUT2D eigenvalue weighted by Crippen LogP contribution is 2.62. The van der Waals surface area contributed by atoms with Crippen LogP contribution in [0.5, 0.6) is 11.5 Å². The molecule has 8 heteroatoms. The summed E-state index contributed by atoms with van der Waals surface area (Å²) in [5.74, 6) is -3.91. The first-order chi connectivity index (χ1) is 16.7. The van der Waals surface area contributed by atoms with Gasteiger partial charge in [0.25, 0.3) is 5.92 Å². The molecular weight excluding hydrogens is 456 g/mol. The largest absolute Gasteiger partial charge is 0.497 e. The lowest BCUT2D eigenvalue weighted by Gasteiger charge is -2.34. The second-order valence-electron chi connectivity index (χ2n) is 8.85. The zero-order valence-corrected chi connectivity index (χ0v) is 18.8. The van der Waals surface area contributed by atoms with E-state index < -0.39 is 41.8 Å². The Morgan fingerprint density at radius 3 is 2.34 bits per heavy atom. The van der Waals surface area contributed by atoms with Crippen molar-refractivity contribution in [2.45, 2.75) is 36.3 Å². The first kappa shape index (κ1) is 22.8. The molecule has 1 amide bonds. The van der Waals surface area contributed by atoms with Gasteiger partial charge in [0.1, 0.15) is 23.0 Å². The first-order valence-corrected chi connectivity index (χ1v) is 11.2. The monoisotopic (exact) mass is 479 g/mol. The van der Waals surface area contributed by atoms with Gasteiger partial charge in [-0.15, -0.1) is 0 Å². The summed E-state index contributed by atoms with van der Waals surface area (Å²) in [6, 6.07) is 18.9. The molecule has 3 aromatic rings. The number of carboxylic acids is 1. The Kier molecular flexibility index (Phi) is 5.46. The van der Waals surface area contributed by atoms with Gasteiger partial charge < -0.3 is 19.9 Å². The quantitative estimate of drug-likeness (QED) is 0.517. The zero-order valence-electron chi connectivity index (χ0n) is 18.8. The minimum Gasteiger partial charge on any atom is -0.497 e. The third-order valence-corrected chi connectivity index (χ3v) is 6.79. The number of aromatic carboxylic acids is 1. The molecule has 6 nitrogen and oxygen atoms in total. The minimum absolute atomic E-state index is 0.136. The van der Waals surface area contributed by atoms with E-state index in [2.05, 4.69) is 5.32 Å². The van der Waals surface area contributed by atoms with Crippen molar-refractivity contribution in [2.75, 3.05) is 7.11 Å². The smallest absolute Gasteiger partial charge is 0.335 e. The van der Waals surface area contributed by atoms with Crippen LogP contribution in [0.15, 0.2) is 72.8 Å². The van der Waals surface area contributed by atoms with E-state index in [0.717, 1.165) is 0 Å². The number of amides is 1. The maximum Gasteiger partial charge on any atom is 0.335 e. The van der Waals surface area contributed by atoms with Gasteiger partial charge in [0.05, 0.1) is 18.7 Å². The molecule has 5 rings (SSSR count). The second kappa shape index (κ2) is 8.37. The summed E-state index contributed by atoms with van der Waals surface area (Å²) in [6.07, 6.45) is -0.794. The number of ether oxygens (including phenoxy) is 2. The molecule has 2 N–H and O–H groups in total. The van der Waals surface area contributed by atoms with Crippen LogP contribution in [-0.4, -0.2) is 30.0 Å². The van der Waals surface area contributed by atoms with Crippen molar-refractivity contribution >= 4 is 11.9 Å². The summed E-state index contributed by atoms with van der Waals surface area (Å²) in [5.41, 5.74) is -0.123. The number of fused-ring (bicyclic) bond motifs is 1. The minimum atomic E-state index is -3.14. The summed E-state index contributed by atoms with van der Waals surface area (Å²) in [5, 5.41) is 12.0. The van der Waals surface area contributed by atoms with Crippen LogP contribution >= 0.6 is 0 Å². The number of halogens is 2. The Morgan fingerprint density at radius 2 is 1.74 bits per heavy atom. The number of methoxy groups -OCH3 is 1. The first-order valence-electron chi connectivity index (χ1n) is 11.2. The number of carboxylic acid groups (broad SMARTS) is 1. The van der Waals surface area contributed by atoms with E-state index in [9.17, 15) is 23.5 Å². The lowest BCUT2D eigenvalue weighted by Crippen LogP contribution is -2.42. The fourth-order valence-electron chi connectivity index (χ4n) is 4.74. The number of hydrogen-bond acceptors (Lipinski definition) is 4. The Labute approximate surface area is 200 Å². The molecule has 1 fully saturated rings. The van der Waals surface area contributed by atoms with E-state index in [1.165, 1.54) is 19.2 Å². The van der Waals surface area contributed by atoms with Crippen molar-refractivity contribution in [3.8, 4) is 11.5 Å². The van der Waals surface area contributed by atoms with Crippen LogP contribution in [0.2, 0.25) is 0 Å². The Bertz CT molecular complexity index is 1280. The van der Waals surface area contributed by atoms with Crippen molar-refractivity contribution in [3.63, 3.8) is 0 Å². The second-order valence-corrected chi connectivity index (χ2v) is 8.85. The van der Waals surface area contributed by atoms with Gasteiger partial charge in [-0.2, -0.15) is 0 Å². The lowest BCUT2D eigenvalue weighted by atomic mass is 9.90. The molecule has 0 radical (unpaired) electrons. The maximum atomic E-state index is 14.6. The van der Waals surface area contributed by atoms with Crippen LogP contribution in [-0.2, 0) is 10.2 Å². The number of nitrogens with one attached hydrogen (secondary N) is 1. The highest BCUT2D eigenvalue weighted by molar-refractivity contribution is 5.94. The number of benzene rings is 3. The summed E-state index contributed by atoms with van der Waals surface area (Å²) < 4.78 is 40.7. The molecule has 1 heterocycles. The SMILES string of the molecule is COc1ccc2c(c1)O[C@@H](c1ccc(C(=O)O)cc1)C[C@H]2NC(=O)C1(c2ccccc2)CC1(F)F. The molecule has 3 aromatic carbocycles. The van der Waals surface area contributed by atoms with Crippen LogP contribution in [0.4, 0.5) is 8.78 Å². The van der Waals surface area contributed by atoms with Crippen LogP contribution in [0.3, 0.4) is 0 Å². The van der Waals surface area contributed by atoms with Gasteiger partial charge in [-0.1, -0.05) is 42.5 Å². The molecule has 0 bridgehead atoms. The van der Waals surface area contributed by atoms with Gasteiger partial charge in [-0.3, -0.25) is 4.79 Å². The fourth-order valence-corrected chi connectivity index (χ4v) is 4.74. The van der Waals surface area contributed by atoms with Gasteiger partial charge in [0, 0.05) is 24.5 Å². The standard InChI is InChI=1S/C27H23F2NO5/c1-34-19-11-12-20-21(30-25(33)26(15-27(26,28)29)18-5-3-2-4-6-18)14-22(35-23(20)13-19)16-7-9-17(10-8-16)24(31)32/h2-13,21-22H,14-15H2,1H3,(H,30,33)(H,31,32)/t21-,22-,26?/m1/s1. The van der Waals surface area contributed by atoms with E-state index in [1.807, 2.05) is 0 Å². The van der Waals surface area contributed by atoms with Crippen LogP contribution in [0.25, 0.3) is 0 Å². The highest BCUT2D eigenvalue weighted by Gasteiger charge is 2.76. The van der Waals surface area contributed by atoms with E-state index in [0.29, 0.717) is 22.6 Å². The van der Waals surface area contributed by atoms with Gasteiger partial charge in [0.2, 0.25) is 5.91 Å².